The molecule has 0 saturated carbocycles. The largest absolute Gasteiger partial charge is 0.235 e. The predicted octanol–water partition coefficient (Wildman–Crippen LogP) is 4.42. The molecule has 2 aromatic carbocycles. The Morgan fingerprint density at radius 1 is 1.00 bits per heavy atom. The normalized spacial score (nSPS) is 11.2. The van der Waals surface area contributed by atoms with Gasteiger partial charge in [-0.15, -0.1) is 10.2 Å². The molecule has 0 amide bonds. The summed E-state index contributed by atoms with van der Waals surface area (Å²) < 4.78 is 15.7. The fraction of sp³-hybridized carbons (Fsp3) is 0. The number of aromatic nitrogens is 4. The molecule has 0 N–H and O–H groups in total. The summed E-state index contributed by atoms with van der Waals surface area (Å²) in [6, 6.07) is 14.0. The molecule has 4 aromatic rings. The highest BCUT2D eigenvalue weighted by atomic mass is 79.9. The van der Waals surface area contributed by atoms with Crippen molar-refractivity contribution in [1.82, 2.24) is 19.8 Å². The molecule has 2 aromatic heterocycles. The van der Waals surface area contributed by atoms with Gasteiger partial charge < -0.3 is 0 Å². The lowest BCUT2D eigenvalue weighted by molar-refractivity contribution is 0.628. The van der Waals surface area contributed by atoms with Crippen molar-refractivity contribution >= 4 is 32.2 Å². The minimum atomic E-state index is -0.263. The Balaban J connectivity index is 1.86. The second-order valence-electron chi connectivity index (χ2n) is 4.61. The van der Waals surface area contributed by atoms with E-state index in [-0.39, 0.29) is 5.82 Å². The zero-order chi connectivity index (χ0) is 15.1. The minimum absolute atomic E-state index is 0.263. The summed E-state index contributed by atoms with van der Waals surface area (Å²) in [5.41, 5.74) is 1.78. The van der Waals surface area contributed by atoms with Crippen molar-refractivity contribution in [3.63, 3.8) is 0 Å². The highest BCUT2D eigenvalue weighted by molar-refractivity contribution is 9.10. The molecule has 0 spiro atoms. The number of fused-ring (bicyclic) bond motifs is 1. The first-order valence-corrected chi connectivity index (χ1v) is 8.06. The van der Waals surface area contributed by atoms with Gasteiger partial charge in [-0.25, -0.2) is 4.39 Å². The maximum absolute atomic E-state index is 13.0. The van der Waals surface area contributed by atoms with Gasteiger partial charge in [0.1, 0.15) is 10.8 Å². The van der Waals surface area contributed by atoms with Crippen molar-refractivity contribution in [2.75, 3.05) is 0 Å². The molecule has 0 aliphatic rings. The van der Waals surface area contributed by atoms with Crippen LogP contribution < -0.4 is 0 Å². The summed E-state index contributed by atoms with van der Waals surface area (Å²) in [4.78, 5) is 0.699. The Kier molecular flexibility index (Phi) is 3.24. The maximum atomic E-state index is 13.0. The predicted molar refractivity (Wildman–Crippen MR) is 87.2 cm³/mol. The Hall–Kier alpha value is -2.12. The Morgan fingerprint density at radius 2 is 1.77 bits per heavy atom. The molecule has 108 valence electrons. The number of rotatable bonds is 2. The second kappa shape index (κ2) is 5.26. The number of halogens is 2. The molecule has 2 heterocycles. The lowest BCUT2D eigenvalue weighted by Crippen LogP contribution is -1.91. The second-order valence-corrected chi connectivity index (χ2v) is 6.42. The summed E-state index contributed by atoms with van der Waals surface area (Å²) in [5.74, 6) is 0.410. The number of benzene rings is 2. The van der Waals surface area contributed by atoms with Crippen LogP contribution in [0.15, 0.2) is 53.0 Å². The summed E-state index contributed by atoms with van der Waals surface area (Å²) in [5, 5.41) is 13.7. The monoisotopic (exact) mass is 374 g/mol. The molecule has 7 heteroatoms. The summed E-state index contributed by atoms with van der Waals surface area (Å²) >= 11 is 4.93. The molecule has 0 radical (unpaired) electrons. The first kappa shape index (κ1) is 13.5. The Bertz CT molecular complexity index is 961. The first-order chi connectivity index (χ1) is 10.7. The van der Waals surface area contributed by atoms with Gasteiger partial charge in [0.05, 0.1) is 0 Å². The van der Waals surface area contributed by atoms with E-state index in [1.807, 2.05) is 24.3 Å². The third-order valence-electron chi connectivity index (χ3n) is 3.20. The molecule has 0 unspecified atom stereocenters. The van der Waals surface area contributed by atoms with Gasteiger partial charge in [-0.05, 0) is 36.4 Å². The summed E-state index contributed by atoms with van der Waals surface area (Å²) in [7, 11) is 0. The van der Waals surface area contributed by atoms with E-state index in [1.165, 1.54) is 23.5 Å². The molecular weight excluding hydrogens is 367 g/mol. The van der Waals surface area contributed by atoms with Crippen LogP contribution in [0.2, 0.25) is 0 Å². The van der Waals surface area contributed by atoms with Crippen molar-refractivity contribution < 1.29 is 4.39 Å². The van der Waals surface area contributed by atoms with Gasteiger partial charge in [-0.3, -0.25) is 0 Å². The van der Waals surface area contributed by atoms with Gasteiger partial charge in [0, 0.05) is 15.6 Å². The lowest BCUT2D eigenvalue weighted by atomic mass is 10.2. The molecule has 0 aliphatic carbocycles. The van der Waals surface area contributed by atoms with E-state index in [2.05, 4.69) is 31.2 Å². The van der Waals surface area contributed by atoms with Crippen LogP contribution in [0.25, 0.3) is 26.9 Å². The third-order valence-corrected chi connectivity index (χ3v) is 4.84. The van der Waals surface area contributed by atoms with Gasteiger partial charge in [-0.2, -0.15) is 9.61 Å². The van der Waals surface area contributed by atoms with Gasteiger partial charge >= 0.3 is 0 Å². The van der Waals surface area contributed by atoms with Gasteiger partial charge in [-0.1, -0.05) is 39.4 Å². The fourth-order valence-electron chi connectivity index (χ4n) is 2.14. The van der Waals surface area contributed by atoms with Crippen LogP contribution in [0.3, 0.4) is 0 Å². The molecule has 4 nitrogen and oxygen atoms in total. The molecule has 4 rings (SSSR count). The van der Waals surface area contributed by atoms with Gasteiger partial charge in [0.25, 0.3) is 0 Å². The third kappa shape index (κ3) is 2.22. The number of hydrogen-bond acceptors (Lipinski definition) is 4. The highest BCUT2D eigenvalue weighted by Crippen LogP contribution is 2.30. The van der Waals surface area contributed by atoms with E-state index in [4.69, 9.17) is 0 Å². The first-order valence-electron chi connectivity index (χ1n) is 6.45. The molecule has 0 fully saturated rings. The van der Waals surface area contributed by atoms with Crippen LogP contribution in [0.4, 0.5) is 4.39 Å². The van der Waals surface area contributed by atoms with Crippen LogP contribution in [0, 0.1) is 5.82 Å². The van der Waals surface area contributed by atoms with E-state index in [9.17, 15) is 4.39 Å². The summed E-state index contributed by atoms with van der Waals surface area (Å²) in [6.07, 6.45) is 0. The smallest absolute Gasteiger partial charge is 0.207 e. The van der Waals surface area contributed by atoms with Gasteiger partial charge in [0.15, 0.2) is 5.82 Å². The zero-order valence-corrected chi connectivity index (χ0v) is 13.5. The number of hydrogen-bond donors (Lipinski definition) is 0. The standard InChI is InChI=1S/C15H8BrFN4S/c16-12-4-2-1-3-11(12)13-18-19-15-21(13)20-14(22-15)9-5-7-10(17)8-6-9/h1-8H. The molecule has 0 aliphatic heterocycles. The Labute approximate surface area is 137 Å². The van der Waals surface area contributed by atoms with Crippen LogP contribution in [0.1, 0.15) is 0 Å². The molecule has 22 heavy (non-hydrogen) atoms. The minimum Gasteiger partial charge on any atom is -0.207 e. The van der Waals surface area contributed by atoms with Crippen LogP contribution in [-0.4, -0.2) is 19.8 Å². The van der Waals surface area contributed by atoms with Crippen LogP contribution >= 0.6 is 27.3 Å². The highest BCUT2D eigenvalue weighted by Gasteiger charge is 2.15. The van der Waals surface area contributed by atoms with E-state index in [0.717, 1.165) is 20.6 Å². The fourth-order valence-corrected chi connectivity index (χ4v) is 3.44. The van der Waals surface area contributed by atoms with Gasteiger partial charge in [0.2, 0.25) is 4.96 Å². The molecule has 0 bridgehead atoms. The average Bonchev–Trinajstić information content (AvgIpc) is 3.09. The van der Waals surface area contributed by atoms with E-state index < -0.39 is 0 Å². The van der Waals surface area contributed by atoms with E-state index in [0.29, 0.717) is 10.8 Å². The van der Waals surface area contributed by atoms with Crippen molar-refractivity contribution in [2.45, 2.75) is 0 Å². The lowest BCUT2D eigenvalue weighted by Gasteiger charge is -1.99. The quantitative estimate of drug-likeness (QED) is 0.521. The van der Waals surface area contributed by atoms with Crippen molar-refractivity contribution in [1.29, 1.82) is 0 Å². The molecule has 0 saturated heterocycles. The van der Waals surface area contributed by atoms with E-state index in [1.54, 1.807) is 16.6 Å². The maximum Gasteiger partial charge on any atom is 0.235 e. The summed E-state index contributed by atoms with van der Waals surface area (Å²) in [6.45, 7) is 0. The SMILES string of the molecule is Fc1ccc(-c2nn3c(-c4ccccc4Br)nnc3s2)cc1. The molecular formula is C15H8BrFN4S. The van der Waals surface area contributed by atoms with E-state index >= 15 is 0 Å². The zero-order valence-electron chi connectivity index (χ0n) is 11.1. The van der Waals surface area contributed by atoms with Crippen molar-refractivity contribution in [2.24, 2.45) is 0 Å². The van der Waals surface area contributed by atoms with Crippen molar-refractivity contribution in [3.05, 3.63) is 58.8 Å². The van der Waals surface area contributed by atoms with Crippen LogP contribution in [-0.2, 0) is 0 Å². The Morgan fingerprint density at radius 3 is 2.55 bits per heavy atom. The number of nitrogens with zero attached hydrogens (tertiary/aromatic N) is 4. The average molecular weight is 375 g/mol. The van der Waals surface area contributed by atoms with Crippen molar-refractivity contribution in [3.8, 4) is 22.0 Å². The van der Waals surface area contributed by atoms with Crippen LogP contribution in [0.5, 0.6) is 0 Å². The topological polar surface area (TPSA) is 43.1 Å². The molecule has 0 atom stereocenters.